The van der Waals surface area contributed by atoms with Gasteiger partial charge in [0, 0.05) is 11.6 Å². The van der Waals surface area contributed by atoms with E-state index in [0.29, 0.717) is 6.61 Å². The summed E-state index contributed by atoms with van der Waals surface area (Å²) in [5.41, 5.74) is 2.21. The van der Waals surface area contributed by atoms with Gasteiger partial charge in [-0.25, -0.2) is 0 Å². The minimum absolute atomic E-state index is 0.170. The highest BCUT2D eigenvalue weighted by atomic mass is 16.5. The van der Waals surface area contributed by atoms with Gasteiger partial charge in [0.05, 0.1) is 26.9 Å². The van der Waals surface area contributed by atoms with Gasteiger partial charge in [0.2, 0.25) is 0 Å². The van der Waals surface area contributed by atoms with E-state index in [0.717, 1.165) is 17.1 Å². The summed E-state index contributed by atoms with van der Waals surface area (Å²) in [7, 11) is 3.30. The third kappa shape index (κ3) is 2.86. The summed E-state index contributed by atoms with van der Waals surface area (Å²) in [6.45, 7) is 0.643. The zero-order chi connectivity index (χ0) is 14.7. The SMILES string of the molecule is COc1ccc(C2NC(c3ccccc3)CO2)c(OC)c1. The van der Waals surface area contributed by atoms with Crippen molar-refractivity contribution in [2.75, 3.05) is 20.8 Å². The van der Waals surface area contributed by atoms with E-state index < -0.39 is 0 Å². The van der Waals surface area contributed by atoms with Crippen LogP contribution in [0.25, 0.3) is 0 Å². The molecule has 21 heavy (non-hydrogen) atoms. The molecule has 2 unspecified atom stereocenters. The Bertz CT molecular complexity index is 600. The van der Waals surface area contributed by atoms with E-state index in [1.807, 2.05) is 36.4 Å². The Morgan fingerprint density at radius 2 is 1.86 bits per heavy atom. The predicted octanol–water partition coefficient (Wildman–Crippen LogP) is 3.06. The average Bonchev–Trinajstić information content (AvgIpc) is 3.04. The van der Waals surface area contributed by atoms with Crippen LogP contribution in [0.15, 0.2) is 48.5 Å². The van der Waals surface area contributed by atoms with Crippen LogP contribution in [0.3, 0.4) is 0 Å². The lowest BCUT2D eigenvalue weighted by atomic mass is 10.1. The topological polar surface area (TPSA) is 39.7 Å². The highest BCUT2D eigenvalue weighted by Gasteiger charge is 2.28. The molecule has 1 aliphatic rings. The van der Waals surface area contributed by atoms with Gasteiger partial charge < -0.3 is 14.2 Å². The van der Waals surface area contributed by atoms with E-state index >= 15 is 0 Å². The van der Waals surface area contributed by atoms with Crippen LogP contribution in [0, 0.1) is 0 Å². The molecule has 3 rings (SSSR count). The van der Waals surface area contributed by atoms with Gasteiger partial charge in [0.1, 0.15) is 17.7 Å². The fraction of sp³-hybridized carbons (Fsp3) is 0.294. The summed E-state index contributed by atoms with van der Waals surface area (Å²) >= 11 is 0. The van der Waals surface area contributed by atoms with Crippen molar-refractivity contribution in [2.45, 2.75) is 12.3 Å². The zero-order valence-electron chi connectivity index (χ0n) is 12.2. The maximum Gasteiger partial charge on any atom is 0.138 e. The molecule has 1 saturated heterocycles. The highest BCUT2D eigenvalue weighted by molar-refractivity contribution is 5.42. The van der Waals surface area contributed by atoms with Crippen molar-refractivity contribution in [1.82, 2.24) is 5.32 Å². The summed E-state index contributed by atoms with van der Waals surface area (Å²) in [5, 5.41) is 3.49. The molecule has 0 aromatic heterocycles. The molecule has 0 aliphatic carbocycles. The van der Waals surface area contributed by atoms with E-state index in [2.05, 4.69) is 17.4 Å². The minimum atomic E-state index is -0.170. The molecule has 2 aromatic rings. The first-order chi connectivity index (χ1) is 10.3. The van der Waals surface area contributed by atoms with Gasteiger partial charge in [-0.15, -0.1) is 0 Å². The minimum Gasteiger partial charge on any atom is -0.497 e. The first-order valence-corrected chi connectivity index (χ1v) is 6.96. The molecule has 110 valence electrons. The number of ether oxygens (including phenoxy) is 3. The monoisotopic (exact) mass is 285 g/mol. The van der Waals surface area contributed by atoms with Crippen LogP contribution in [0.2, 0.25) is 0 Å². The van der Waals surface area contributed by atoms with Crippen LogP contribution in [0.4, 0.5) is 0 Å². The molecule has 0 radical (unpaired) electrons. The van der Waals surface area contributed by atoms with Crippen molar-refractivity contribution in [3.63, 3.8) is 0 Å². The Balaban J connectivity index is 1.80. The molecule has 2 atom stereocenters. The molecule has 4 heteroatoms. The fourth-order valence-corrected chi connectivity index (χ4v) is 2.56. The standard InChI is InChI=1S/C17H19NO3/c1-19-13-8-9-14(16(10-13)20-2)17-18-15(11-21-17)12-6-4-3-5-7-12/h3-10,15,17-18H,11H2,1-2H3. The normalized spacial score (nSPS) is 21.2. The summed E-state index contributed by atoms with van der Waals surface area (Å²) in [5.74, 6) is 1.54. The Morgan fingerprint density at radius 3 is 2.57 bits per heavy atom. The molecular weight excluding hydrogens is 266 g/mol. The molecule has 0 bridgehead atoms. The summed E-state index contributed by atoms with van der Waals surface area (Å²) in [6, 6.07) is 16.3. The van der Waals surface area contributed by atoms with E-state index in [1.54, 1.807) is 14.2 Å². The lowest BCUT2D eigenvalue weighted by Gasteiger charge is -2.16. The largest absolute Gasteiger partial charge is 0.497 e. The lowest BCUT2D eigenvalue weighted by Crippen LogP contribution is -2.19. The van der Waals surface area contributed by atoms with Gasteiger partial charge in [-0.3, -0.25) is 5.32 Å². The fourth-order valence-electron chi connectivity index (χ4n) is 2.56. The molecule has 2 aromatic carbocycles. The molecule has 1 heterocycles. The molecule has 1 N–H and O–H groups in total. The third-order valence-electron chi connectivity index (χ3n) is 3.71. The Morgan fingerprint density at radius 1 is 1.05 bits per heavy atom. The maximum absolute atomic E-state index is 5.89. The molecule has 4 nitrogen and oxygen atoms in total. The van der Waals surface area contributed by atoms with Crippen molar-refractivity contribution in [3.8, 4) is 11.5 Å². The van der Waals surface area contributed by atoms with Gasteiger partial charge in [0.25, 0.3) is 0 Å². The first kappa shape index (κ1) is 13.9. The average molecular weight is 285 g/mol. The van der Waals surface area contributed by atoms with Crippen LogP contribution >= 0.6 is 0 Å². The van der Waals surface area contributed by atoms with E-state index in [1.165, 1.54) is 5.56 Å². The van der Waals surface area contributed by atoms with Gasteiger partial charge in [-0.1, -0.05) is 30.3 Å². The Kier molecular flexibility index (Phi) is 4.08. The van der Waals surface area contributed by atoms with Gasteiger partial charge >= 0.3 is 0 Å². The van der Waals surface area contributed by atoms with Crippen LogP contribution in [0.5, 0.6) is 11.5 Å². The van der Waals surface area contributed by atoms with Crippen molar-refractivity contribution in [3.05, 3.63) is 59.7 Å². The van der Waals surface area contributed by atoms with Crippen molar-refractivity contribution in [1.29, 1.82) is 0 Å². The first-order valence-electron chi connectivity index (χ1n) is 6.96. The summed E-state index contributed by atoms with van der Waals surface area (Å²) in [4.78, 5) is 0. The smallest absolute Gasteiger partial charge is 0.138 e. The zero-order valence-corrected chi connectivity index (χ0v) is 12.2. The molecule has 1 fully saturated rings. The van der Waals surface area contributed by atoms with Crippen molar-refractivity contribution in [2.24, 2.45) is 0 Å². The van der Waals surface area contributed by atoms with Gasteiger partial charge in [-0.2, -0.15) is 0 Å². The quantitative estimate of drug-likeness (QED) is 0.937. The number of rotatable bonds is 4. The molecule has 0 spiro atoms. The van der Waals surface area contributed by atoms with Crippen LogP contribution < -0.4 is 14.8 Å². The van der Waals surface area contributed by atoms with E-state index in [9.17, 15) is 0 Å². The number of nitrogens with one attached hydrogen (secondary N) is 1. The van der Waals surface area contributed by atoms with Crippen LogP contribution in [0.1, 0.15) is 23.4 Å². The summed E-state index contributed by atoms with van der Waals surface area (Å²) < 4.78 is 16.6. The van der Waals surface area contributed by atoms with E-state index in [-0.39, 0.29) is 12.3 Å². The Hall–Kier alpha value is -2.04. The number of hydrogen-bond acceptors (Lipinski definition) is 4. The number of benzene rings is 2. The number of hydrogen-bond donors (Lipinski definition) is 1. The molecule has 0 saturated carbocycles. The second-order valence-electron chi connectivity index (χ2n) is 4.95. The maximum atomic E-state index is 5.89. The second kappa shape index (κ2) is 6.16. The number of methoxy groups -OCH3 is 2. The third-order valence-corrected chi connectivity index (χ3v) is 3.71. The predicted molar refractivity (Wildman–Crippen MR) is 80.6 cm³/mol. The summed E-state index contributed by atoms with van der Waals surface area (Å²) in [6.07, 6.45) is -0.170. The molecule has 1 aliphatic heterocycles. The van der Waals surface area contributed by atoms with Gasteiger partial charge in [0.15, 0.2) is 0 Å². The Labute approximate surface area is 124 Å². The molecular formula is C17H19NO3. The highest BCUT2D eigenvalue weighted by Crippen LogP contribution is 2.35. The van der Waals surface area contributed by atoms with Crippen LogP contribution in [-0.4, -0.2) is 20.8 Å². The van der Waals surface area contributed by atoms with Crippen LogP contribution in [-0.2, 0) is 4.74 Å². The van der Waals surface area contributed by atoms with Crippen molar-refractivity contribution < 1.29 is 14.2 Å². The van der Waals surface area contributed by atoms with Crippen molar-refractivity contribution >= 4 is 0 Å². The lowest BCUT2D eigenvalue weighted by molar-refractivity contribution is 0.0983. The van der Waals surface area contributed by atoms with E-state index in [4.69, 9.17) is 14.2 Å². The molecule has 0 amide bonds. The second-order valence-corrected chi connectivity index (χ2v) is 4.95. The van der Waals surface area contributed by atoms with Gasteiger partial charge in [-0.05, 0) is 17.7 Å².